The van der Waals surface area contributed by atoms with E-state index in [2.05, 4.69) is 17.1 Å². The number of amides is 1. The molecule has 148 valence electrons. The van der Waals surface area contributed by atoms with E-state index >= 15 is 0 Å². The minimum atomic E-state index is -0.407. The summed E-state index contributed by atoms with van der Waals surface area (Å²) in [4.78, 5) is 27.4. The number of nitrogens with zero attached hydrogens (tertiary/aromatic N) is 2. The fraction of sp³-hybridized carbons (Fsp3) is 0.381. The molecule has 1 aliphatic heterocycles. The number of likely N-dealkylation sites (N-methyl/N-ethyl adjacent to an activating group) is 1. The molecular formula is C21H25N3O3S. The number of likely N-dealkylation sites (tertiary alicyclic amines) is 1. The summed E-state index contributed by atoms with van der Waals surface area (Å²) in [7, 11) is 0. The maximum absolute atomic E-state index is 12.6. The molecule has 1 saturated heterocycles. The number of aryl methyl sites for hydroxylation is 1. The Labute approximate surface area is 169 Å². The molecule has 3 rings (SSSR count). The Kier molecular flexibility index (Phi) is 6.70. The average Bonchev–Trinajstić information content (AvgIpc) is 3.15. The van der Waals surface area contributed by atoms with E-state index in [1.807, 2.05) is 31.2 Å². The number of nitro benzene ring substituents is 1. The van der Waals surface area contributed by atoms with Crippen LogP contribution in [0.15, 0.2) is 52.3 Å². The first-order valence-corrected chi connectivity index (χ1v) is 10.3. The molecule has 2 aromatic carbocycles. The van der Waals surface area contributed by atoms with Crippen LogP contribution in [-0.2, 0) is 0 Å². The lowest BCUT2D eigenvalue weighted by Gasteiger charge is -2.22. The molecule has 6 nitrogen and oxygen atoms in total. The molecule has 1 aliphatic rings. The Bertz CT molecular complexity index is 854. The first-order chi connectivity index (χ1) is 13.5. The van der Waals surface area contributed by atoms with Gasteiger partial charge in [-0.2, -0.15) is 0 Å². The van der Waals surface area contributed by atoms with Gasteiger partial charge in [0, 0.05) is 29.1 Å². The third-order valence-electron chi connectivity index (χ3n) is 5.07. The lowest BCUT2D eigenvalue weighted by Crippen LogP contribution is -2.40. The van der Waals surface area contributed by atoms with Gasteiger partial charge in [0.15, 0.2) is 0 Å². The molecule has 28 heavy (non-hydrogen) atoms. The van der Waals surface area contributed by atoms with E-state index in [0.29, 0.717) is 23.0 Å². The van der Waals surface area contributed by atoms with Gasteiger partial charge in [-0.15, -0.1) is 0 Å². The molecule has 0 radical (unpaired) electrons. The van der Waals surface area contributed by atoms with E-state index in [0.717, 1.165) is 36.4 Å². The van der Waals surface area contributed by atoms with Crippen LogP contribution in [0.25, 0.3) is 0 Å². The van der Waals surface area contributed by atoms with E-state index in [4.69, 9.17) is 0 Å². The first-order valence-electron chi connectivity index (χ1n) is 9.53. The summed E-state index contributed by atoms with van der Waals surface area (Å²) in [6.07, 6.45) is 2.24. The van der Waals surface area contributed by atoms with Crippen molar-refractivity contribution < 1.29 is 9.72 Å². The van der Waals surface area contributed by atoms with Crippen molar-refractivity contribution in [2.24, 2.45) is 0 Å². The maximum Gasteiger partial charge on any atom is 0.283 e. The van der Waals surface area contributed by atoms with Crippen LogP contribution < -0.4 is 5.32 Å². The van der Waals surface area contributed by atoms with E-state index in [9.17, 15) is 14.9 Å². The topological polar surface area (TPSA) is 75.5 Å². The lowest BCUT2D eigenvalue weighted by molar-refractivity contribution is -0.387. The molecule has 0 spiro atoms. The number of rotatable bonds is 7. The fourth-order valence-corrected chi connectivity index (χ4v) is 4.44. The average molecular weight is 400 g/mol. The van der Waals surface area contributed by atoms with Crippen LogP contribution in [0.4, 0.5) is 5.69 Å². The van der Waals surface area contributed by atoms with Gasteiger partial charge >= 0.3 is 0 Å². The van der Waals surface area contributed by atoms with Crippen LogP contribution in [0.3, 0.4) is 0 Å². The van der Waals surface area contributed by atoms with Crippen molar-refractivity contribution in [3.05, 3.63) is 63.7 Å². The highest BCUT2D eigenvalue weighted by Crippen LogP contribution is 2.35. The standard InChI is InChI=1S/C21H25N3O3S/c1-3-23-12-4-5-17(23)14-22-21(25)16-8-11-19(24(26)27)20(13-16)28-18-9-6-15(2)7-10-18/h6-11,13,17H,3-5,12,14H2,1-2H3,(H,22,25). The second-order valence-corrected chi connectivity index (χ2v) is 8.10. The highest BCUT2D eigenvalue weighted by molar-refractivity contribution is 7.99. The molecule has 0 saturated carbocycles. The van der Waals surface area contributed by atoms with Crippen molar-refractivity contribution in [3.63, 3.8) is 0 Å². The molecule has 7 heteroatoms. The third-order valence-corrected chi connectivity index (χ3v) is 6.13. The minimum absolute atomic E-state index is 0.00933. The summed E-state index contributed by atoms with van der Waals surface area (Å²) >= 11 is 1.30. The minimum Gasteiger partial charge on any atom is -0.350 e. The van der Waals surface area contributed by atoms with Gasteiger partial charge in [0.25, 0.3) is 11.6 Å². The zero-order chi connectivity index (χ0) is 20.1. The van der Waals surface area contributed by atoms with E-state index in [-0.39, 0.29) is 11.6 Å². The Morgan fingerprint density at radius 2 is 2.04 bits per heavy atom. The van der Waals surface area contributed by atoms with Gasteiger partial charge in [-0.1, -0.05) is 36.4 Å². The normalized spacial score (nSPS) is 16.9. The second-order valence-electron chi connectivity index (χ2n) is 6.99. The van der Waals surface area contributed by atoms with Crippen LogP contribution in [0, 0.1) is 17.0 Å². The molecule has 1 amide bonds. The summed E-state index contributed by atoms with van der Waals surface area (Å²) in [6, 6.07) is 12.7. The summed E-state index contributed by atoms with van der Waals surface area (Å²) in [5.41, 5.74) is 1.58. The second kappa shape index (κ2) is 9.21. The van der Waals surface area contributed by atoms with Crippen LogP contribution in [-0.4, -0.2) is 41.4 Å². The Morgan fingerprint density at radius 1 is 1.29 bits per heavy atom. The molecule has 1 heterocycles. The number of carbonyl (C=O) groups excluding carboxylic acids is 1. The predicted molar refractivity (Wildman–Crippen MR) is 111 cm³/mol. The molecule has 2 aromatic rings. The predicted octanol–water partition coefficient (Wildman–Crippen LogP) is 4.27. The summed E-state index contributed by atoms with van der Waals surface area (Å²) < 4.78 is 0. The molecule has 1 atom stereocenters. The largest absolute Gasteiger partial charge is 0.350 e. The third kappa shape index (κ3) is 4.91. The van der Waals surface area contributed by atoms with Gasteiger partial charge in [0.1, 0.15) is 0 Å². The number of hydrogen-bond donors (Lipinski definition) is 1. The monoisotopic (exact) mass is 399 g/mol. The zero-order valence-corrected chi connectivity index (χ0v) is 17.0. The fourth-order valence-electron chi connectivity index (χ4n) is 3.48. The van der Waals surface area contributed by atoms with Gasteiger partial charge in [0.2, 0.25) is 0 Å². The molecular weight excluding hydrogens is 374 g/mol. The van der Waals surface area contributed by atoms with Gasteiger partial charge in [-0.3, -0.25) is 19.8 Å². The molecule has 1 fully saturated rings. The van der Waals surface area contributed by atoms with Crippen LogP contribution >= 0.6 is 11.8 Å². The number of hydrogen-bond acceptors (Lipinski definition) is 5. The van der Waals surface area contributed by atoms with Crippen molar-refractivity contribution >= 4 is 23.4 Å². The lowest BCUT2D eigenvalue weighted by atomic mass is 10.1. The van der Waals surface area contributed by atoms with E-state index in [1.165, 1.54) is 23.9 Å². The first kappa shape index (κ1) is 20.4. The summed E-state index contributed by atoms with van der Waals surface area (Å²) in [5.74, 6) is -0.191. The van der Waals surface area contributed by atoms with Gasteiger partial charge in [-0.05, 0) is 57.1 Å². The van der Waals surface area contributed by atoms with Gasteiger partial charge in [0.05, 0.1) is 9.82 Å². The zero-order valence-electron chi connectivity index (χ0n) is 16.2. The molecule has 1 unspecified atom stereocenters. The number of carbonyl (C=O) groups is 1. The molecule has 0 aliphatic carbocycles. The Hall–Kier alpha value is -2.38. The smallest absolute Gasteiger partial charge is 0.283 e. The van der Waals surface area contributed by atoms with Crippen LogP contribution in [0.2, 0.25) is 0 Å². The highest BCUT2D eigenvalue weighted by atomic mass is 32.2. The Morgan fingerprint density at radius 3 is 2.71 bits per heavy atom. The van der Waals surface area contributed by atoms with Crippen molar-refractivity contribution in [1.82, 2.24) is 10.2 Å². The number of benzene rings is 2. The maximum atomic E-state index is 12.6. The Balaban J connectivity index is 1.75. The van der Waals surface area contributed by atoms with Gasteiger partial charge < -0.3 is 5.32 Å². The summed E-state index contributed by atoms with van der Waals surface area (Å²) in [5, 5.41) is 14.4. The number of nitro groups is 1. The van der Waals surface area contributed by atoms with Crippen molar-refractivity contribution in [3.8, 4) is 0 Å². The summed E-state index contributed by atoms with van der Waals surface area (Å²) in [6.45, 7) is 6.78. The van der Waals surface area contributed by atoms with Crippen molar-refractivity contribution in [2.45, 2.75) is 42.5 Å². The van der Waals surface area contributed by atoms with E-state index in [1.54, 1.807) is 6.07 Å². The molecule has 1 N–H and O–H groups in total. The van der Waals surface area contributed by atoms with Gasteiger partial charge in [-0.25, -0.2) is 0 Å². The molecule has 0 bridgehead atoms. The van der Waals surface area contributed by atoms with Crippen LogP contribution in [0.1, 0.15) is 35.7 Å². The SMILES string of the molecule is CCN1CCCC1CNC(=O)c1ccc([N+](=O)[O-])c(Sc2ccc(C)cc2)c1. The van der Waals surface area contributed by atoms with Crippen molar-refractivity contribution in [1.29, 1.82) is 0 Å². The highest BCUT2D eigenvalue weighted by Gasteiger charge is 2.24. The van der Waals surface area contributed by atoms with E-state index < -0.39 is 4.92 Å². The number of nitrogens with one attached hydrogen (secondary N) is 1. The van der Waals surface area contributed by atoms with Crippen molar-refractivity contribution in [2.75, 3.05) is 19.6 Å². The van der Waals surface area contributed by atoms with Crippen LogP contribution in [0.5, 0.6) is 0 Å². The quantitative estimate of drug-likeness (QED) is 0.556. The molecule has 0 aromatic heterocycles.